The van der Waals surface area contributed by atoms with Crippen molar-refractivity contribution in [2.45, 2.75) is 12.8 Å². The molecule has 0 aromatic carbocycles. The number of carbonyl (C=O) groups excluding carboxylic acids is 4. The van der Waals surface area contributed by atoms with E-state index in [9.17, 15) is 19.2 Å². The van der Waals surface area contributed by atoms with Gasteiger partial charge >= 0.3 is 23.9 Å². The molecule has 0 radical (unpaired) electrons. The fourth-order valence-corrected chi connectivity index (χ4v) is 7.40. The van der Waals surface area contributed by atoms with Gasteiger partial charge in [0.05, 0.1) is 23.7 Å². The molecule has 4 bridgehead atoms. The van der Waals surface area contributed by atoms with Crippen LogP contribution in [-0.4, -0.2) is 23.9 Å². The van der Waals surface area contributed by atoms with Gasteiger partial charge in [-0.05, 0) is 48.3 Å². The van der Waals surface area contributed by atoms with E-state index in [-0.39, 0.29) is 83.1 Å². The molecule has 4 aliphatic carbocycles. The fourth-order valence-electron chi connectivity index (χ4n) is 7.40. The van der Waals surface area contributed by atoms with Crippen molar-refractivity contribution in [1.29, 1.82) is 0 Å². The van der Waals surface area contributed by atoms with Gasteiger partial charge in [-0.1, -0.05) is 0 Å². The average molecular weight is 302 g/mol. The lowest BCUT2D eigenvalue weighted by Crippen LogP contribution is -2.45. The maximum Gasteiger partial charge on any atom is 0.317 e. The van der Waals surface area contributed by atoms with Gasteiger partial charge in [-0.2, -0.15) is 0 Å². The van der Waals surface area contributed by atoms with Gasteiger partial charge in [-0.3, -0.25) is 19.2 Å². The number of rotatable bonds is 0. The molecule has 0 amide bonds. The molecular weight excluding hydrogens is 288 g/mol. The Morgan fingerprint density at radius 3 is 1.09 bits per heavy atom. The van der Waals surface area contributed by atoms with Crippen molar-refractivity contribution in [1.82, 2.24) is 0 Å². The minimum atomic E-state index is -0.370. The zero-order chi connectivity index (χ0) is 14.9. The molecule has 6 rings (SSSR count). The third kappa shape index (κ3) is 0.989. The van der Waals surface area contributed by atoms with E-state index in [1.807, 2.05) is 0 Å². The van der Waals surface area contributed by atoms with Crippen LogP contribution in [0.1, 0.15) is 12.8 Å². The normalized spacial score (nSPS) is 59.6. The van der Waals surface area contributed by atoms with E-state index in [1.165, 1.54) is 0 Å². The van der Waals surface area contributed by atoms with Gasteiger partial charge in [0.1, 0.15) is 0 Å². The minimum Gasteiger partial charge on any atom is -0.393 e. The Bertz CT molecular complexity index is 572. The molecule has 0 N–H and O–H groups in total. The summed E-state index contributed by atoms with van der Waals surface area (Å²) < 4.78 is 9.73. The standard InChI is InChI=1S/C16H14O6/c17-13-9-3-1-4(10(9)14(18)21-13)8-6-2-5(7(3)8)11-12(6)16(20)22-15(11)19/h3-12H,1-2H2/t3-,4+,5-,6+,7?,8?,9-,10-,11+,12-/m1/s1. The highest BCUT2D eigenvalue weighted by molar-refractivity contribution is 5.99. The van der Waals surface area contributed by atoms with Crippen molar-refractivity contribution >= 4 is 23.9 Å². The van der Waals surface area contributed by atoms with Crippen LogP contribution < -0.4 is 0 Å². The Labute approximate surface area is 125 Å². The number of carbonyl (C=O) groups is 4. The molecule has 0 aromatic rings. The topological polar surface area (TPSA) is 86.7 Å². The Hall–Kier alpha value is -1.72. The summed E-state index contributed by atoms with van der Waals surface area (Å²) in [5.41, 5.74) is 0. The zero-order valence-corrected chi connectivity index (χ0v) is 11.6. The summed E-state index contributed by atoms with van der Waals surface area (Å²) in [4.78, 5) is 48.0. The second-order valence-corrected chi connectivity index (χ2v) is 7.86. The summed E-state index contributed by atoms with van der Waals surface area (Å²) in [5.74, 6) is -1.51. The molecule has 0 aromatic heterocycles. The summed E-state index contributed by atoms with van der Waals surface area (Å²) in [6.45, 7) is 0. The lowest BCUT2D eigenvalue weighted by Gasteiger charge is -2.40. The number of hydrogen-bond donors (Lipinski definition) is 0. The first-order chi connectivity index (χ1) is 10.6. The third-order valence-electron chi connectivity index (χ3n) is 7.62. The van der Waals surface area contributed by atoms with Gasteiger partial charge in [0, 0.05) is 0 Å². The van der Waals surface area contributed by atoms with E-state index in [2.05, 4.69) is 0 Å². The number of fused-ring (bicyclic) bond motifs is 15. The number of cyclic esters (lactones) is 4. The minimum absolute atomic E-state index is 0.151. The summed E-state index contributed by atoms with van der Waals surface area (Å²) in [6, 6.07) is 0. The van der Waals surface area contributed by atoms with Crippen molar-refractivity contribution in [3.63, 3.8) is 0 Å². The van der Waals surface area contributed by atoms with Crippen LogP contribution >= 0.6 is 0 Å². The van der Waals surface area contributed by atoms with E-state index in [1.54, 1.807) is 0 Å². The highest BCUT2D eigenvalue weighted by Gasteiger charge is 2.77. The second-order valence-electron chi connectivity index (χ2n) is 7.86. The van der Waals surface area contributed by atoms with Crippen LogP contribution in [0.4, 0.5) is 0 Å². The molecule has 0 spiro atoms. The molecule has 4 saturated carbocycles. The first-order valence-electron chi connectivity index (χ1n) is 8.09. The molecule has 10 atom stereocenters. The van der Waals surface area contributed by atoms with E-state index < -0.39 is 0 Å². The number of esters is 4. The van der Waals surface area contributed by atoms with Crippen LogP contribution in [0, 0.1) is 59.2 Å². The summed E-state index contributed by atoms with van der Waals surface area (Å²) in [6.07, 6.45) is 1.75. The van der Waals surface area contributed by atoms with Crippen LogP contribution in [0.25, 0.3) is 0 Å². The summed E-state index contributed by atoms with van der Waals surface area (Å²) in [5, 5.41) is 0. The molecule has 6 heteroatoms. The quantitative estimate of drug-likeness (QED) is 0.360. The molecule has 2 aliphatic heterocycles. The van der Waals surface area contributed by atoms with Crippen LogP contribution in [0.5, 0.6) is 0 Å². The van der Waals surface area contributed by atoms with Crippen LogP contribution in [-0.2, 0) is 28.7 Å². The van der Waals surface area contributed by atoms with Gasteiger partial charge in [-0.15, -0.1) is 0 Å². The van der Waals surface area contributed by atoms with Crippen molar-refractivity contribution in [2.24, 2.45) is 59.2 Å². The lowest BCUT2D eigenvalue weighted by molar-refractivity contribution is -0.156. The smallest absolute Gasteiger partial charge is 0.317 e. The predicted octanol–water partition coefficient (Wildman–Crippen LogP) is 0.150. The van der Waals surface area contributed by atoms with Crippen molar-refractivity contribution < 1.29 is 28.7 Å². The van der Waals surface area contributed by atoms with Crippen molar-refractivity contribution in [2.75, 3.05) is 0 Å². The Morgan fingerprint density at radius 1 is 0.545 bits per heavy atom. The van der Waals surface area contributed by atoms with Crippen LogP contribution in [0.2, 0.25) is 0 Å². The van der Waals surface area contributed by atoms with E-state index in [4.69, 9.17) is 9.47 Å². The molecule has 2 heterocycles. The molecule has 6 aliphatic rings. The highest BCUT2D eigenvalue weighted by atomic mass is 16.6. The van der Waals surface area contributed by atoms with Gasteiger partial charge in [-0.25, -0.2) is 0 Å². The van der Waals surface area contributed by atoms with Gasteiger partial charge < -0.3 is 9.47 Å². The molecule has 6 nitrogen and oxygen atoms in total. The predicted molar refractivity (Wildman–Crippen MR) is 66.3 cm³/mol. The second kappa shape index (κ2) is 3.29. The number of hydrogen-bond acceptors (Lipinski definition) is 6. The Morgan fingerprint density at radius 2 is 0.818 bits per heavy atom. The van der Waals surface area contributed by atoms with Crippen LogP contribution in [0.3, 0.4) is 0 Å². The lowest BCUT2D eigenvalue weighted by atomic mass is 9.59. The highest BCUT2D eigenvalue weighted by Crippen LogP contribution is 2.74. The largest absolute Gasteiger partial charge is 0.393 e. The first kappa shape index (κ1) is 11.8. The Balaban J connectivity index is 1.46. The maximum atomic E-state index is 12.0. The molecule has 2 unspecified atom stereocenters. The van der Waals surface area contributed by atoms with Crippen molar-refractivity contribution in [3.8, 4) is 0 Å². The molecule has 2 saturated heterocycles. The van der Waals surface area contributed by atoms with Gasteiger partial charge in [0.2, 0.25) is 0 Å². The monoisotopic (exact) mass is 302 g/mol. The van der Waals surface area contributed by atoms with Crippen molar-refractivity contribution in [3.05, 3.63) is 0 Å². The maximum absolute atomic E-state index is 12.0. The van der Waals surface area contributed by atoms with E-state index in [0.29, 0.717) is 0 Å². The Kier molecular flexibility index (Phi) is 1.76. The summed E-state index contributed by atoms with van der Waals surface area (Å²) >= 11 is 0. The average Bonchev–Trinajstić information content (AvgIpc) is 3.21. The van der Waals surface area contributed by atoms with E-state index in [0.717, 1.165) is 12.8 Å². The molecule has 114 valence electrons. The van der Waals surface area contributed by atoms with E-state index >= 15 is 0 Å². The van der Waals surface area contributed by atoms with Gasteiger partial charge in [0.25, 0.3) is 0 Å². The summed E-state index contributed by atoms with van der Waals surface area (Å²) in [7, 11) is 0. The SMILES string of the molecule is O=C1OC(=O)[C@H]2[C@@H]1[C@@H]1C[C@H]2C2C1[C@H]1C[C@@H]2[C@H]2C(=O)OC(=O)[C@@H]21. The first-order valence-corrected chi connectivity index (χ1v) is 8.09. The molecule has 6 fully saturated rings. The molecular formula is C16H14O6. The molecule has 22 heavy (non-hydrogen) atoms. The number of ether oxygens (including phenoxy) is 2. The fraction of sp³-hybridized carbons (Fsp3) is 0.750. The van der Waals surface area contributed by atoms with Crippen LogP contribution in [0.15, 0.2) is 0 Å². The third-order valence-corrected chi connectivity index (χ3v) is 7.62. The van der Waals surface area contributed by atoms with Gasteiger partial charge in [0.15, 0.2) is 0 Å². The zero-order valence-electron chi connectivity index (χ0n) is 11.6.